The van der Waals surface area contributed by atoms with Crippen LogP contribution in [0, 0.1) is 0 Å². The van der Waals surface area contributed by atoms with Gasteiger partial charge in [0.25, 0.3) is 0 Å². The Balaban J connectivity index is 2.07. The normalized spacial score (nSPS) is 23.4. The second kappa shape index (κ2) is 11.2. The van der Waals surface area contributed by atoms with Crippen LogP contribution in [0.5, 0.6) is 5.75 Å². The monoisotopic (exact) mass is 504 g/mol. The Hall–Kier alpha value is -3.93. The van der Waals surface area contributed by atoms with E-state index in [1.165, 1.54) is 31.5 Å². The molecule has 0 saturated carbocycles. The van der Waals surface area contributed by atoms with Crippen LogP contribution in [0.2, 0.25) is 0 Å². The van der Waals surface area contributed by atoms with Gasteiger partial charge in [-0.15, -0.1) is 0 Å². The molecule has 1 saturated heterocycles. The van der Waals surface area contributed by atoms with Gasteiger partial charge in [-0.05, 0) is 12.1 Å². The first-order chi connectivity index (χ1) is 17.0. The lowest BCUT2D eigenvalue weighted by atomic mass is 9.96. The molecule has 2 aromatic rings. The highest BCUT2D eigenvalue weighted by Gasteiger charge is 2.52. The van der Waals surface area contributed by atoms with Crippen molar-refractivity contribution in [3.05, 3.63) is 30.5 Å². The number of nitrogens with one attached hydrogen (secondary N) is 1. The van der Waals surface area contributed by atoms with Gasteiger partial charge in [0.1, 0.15) is 24.5 Å². The predicted molar refractivity (Wildman–Crippen MR) is 123 cm³/mol. The van der Waals surface area contributed by atoms with Gasteiger partial charge in [-0.25, -0.2) is 0 Å². The van der Waals surface area contributed by atoms with Crippen LogP contribution in [-0.4, -0.2) is 71.5 Å². The summed E-state index contributed by atoms with van der Waals surface area (Å²) in [4.78, 5) is 59.6. The van der Waals surface area contributed by atoms with Crippen molar-refractivity contribution in [2.24, 2.45) is 0 Å². The van der Waals surface area contributed by atoms with Gasteiger partial charge in [0, 0.05) is 40.0 Å². The molecule has 3 rings (SSSR count). The minimum Gasteiger partial charge on any atom is -0.463 e. The molecule has 0 radical (unpaired) electrons. The molecular formula is C24H28N2O10. The third-order valence-electron chi connectivity index (χ3n) is 5.33. The second-order valence-electron chi connectivity index (χ2n) is 8.24. The topological polar surface area (TPSA) is 148 Å². The molecule has 12 heteroatoms. The number of aromatic nitrogens is 1. The van der Waals surface area contributed by atoms with Gasteiger partial charge in [-0.2, -0.15) is 0 Å². The van der Waals surface area contributed by atoms with Gasteiger partial charge in [-0.1, -0.05) is 12.1 Å². The van der Waals surface area contributed by atoms with Gasteiger partial charge in [0.15, 0.2) is 12.2 Å². The van der Waals surface area contributed by atoms with Crippen molar-refractivity contribution in [1.29, 1.82) is 0 Å². The lowest BCUT2D eigenvalue weighted by molar-refractivity contribution is -0.256. The SMILES string of the molecule is CC(=O)NC1C(Oc2cn(C(C)=O)c3ccccc23)OC(COC(C)=O)[C@@H](OC(C)=O)[C@@H]1OC(C)=O. The molecule has 1 N–H and O–H groups in total. The maximum atomic E-state index is 12.2. The van der Waals surface area contributed by atoms with Crippen LogP contribution >= 0.6 is 0 Å². The van der Waals surface area contributed by atoms with Crippen LogP contribution in [0.3, 0.4) is 0 Å². The van der Waals surface area contributed by atoms with Gasteiger partial charge in [0.05, 0.1) is 11.7 Å². The Labute approximate surface area is 206 Å². The molecule has 12 nitrogen and oxygen atoms in total. The number of carbonyl (C=O) groups excluding carboxylic acids is 5. The summed E-state index contributed by atoms with van der Waals surface area (Å²) < 4.78 is 29.5. The number of amides is 1. The highest BCUT2D eigenvalue weighted by atomic mass is 16.7. The van der Waals surface area contributed by atoms with E-state index in [1.54, 1.807) is 24.3 Å². The number of hydrogen-bond acceptors (Lipinski definition) is 10. The number of benzene rings is 1. The Kier molecular flexibility index (Phi) is 8.30. The molecule has 2 heterocycles. The molecule has 1 aliphatic heterocycles. The Bertz CT molecular complexity index is 1170. The standard InChI is InChI=1S/C24H28N2O10/c1-12(27)25-21-23(34-16(5)31)22(33-15(4)30)20(11-32-14(3)29)36-24(21)35-19-10-26(13(2)28)18-9-7-6-8-17(18)19/h6-10,20-24H,11H2,1-5H3,(H,25,27)/t20?,21?,22-,23-,24?/m1/s1. The number of carbonyl (C=O) groups is 5. The van der Waals surface area contributed by atoms with Crippen molar-refractivity contribution < 1.29 is 47.7 Å². The van der Waals surface area contributed by atoms with Crippen LogP contribution in [-0.2, 0) is 38.1 Å². The molecule has 0 aliphatic carbocycles. The Morgan fingerprint density at radius 3 is 2.14 bits per heavy atom. The van der Waals surface area contributed by atoms with E-state index in [2.05, 4.69) is 5.32 Å². The lowest BCUT2D eigenvalue weighted by Gasteiger charge is -2.44. The Morgan fingerprint density at radius 1 is 0.917 bits per heavy atom. The summed E-state index contributed by atoms with van der Waals surface area (Å²) in [6.45, 7) is 5.78. The first-order valence-corrected chi connectivity index (χ1v) is 11.2. The van der Waals surface area contributed by atoms with E-state index in [4.69, 9.17) is 23.7 Å². The summed E-state index contributed by atoms with van der Waals surface area (Å²) in [6, 6.07) is 5.86. The molecule has 1 fully saturated rings. The molecular weight excluding hydrogens is 476 g/mol. The number of para-hydroxylation sites is 1. The van der Waals surface area contributed by atoms with E-state index in [0.717, 1.165) is 13.8 Å². The Morgan fingerprint density at radius 2 is 1.56 bits per heavy atom. The summed E-state index contributed by atoms with van der Waals surface area (Å²) in [7, 11) is 0. The fourth-order valence-electron chi connectivity index (χ4n) is 4.02. The van der Waals surface area contributed by atoms with E-state index in [-0.39, 0.29) is 18.3 Å². The van der Waals surface area contributed by atoms with Crippen molar-refractivity contribution >= 4 is 40.6 Å². The molecule has 194 valence electrons. The van der Waals surface area contributed by atoms with E-state index in [9.17, 15) is 24.0 Å². The minimum atomic E-state index is -1.29. The van der Waals surface area contributed by atoms with E-state index in [1.807, 2.05) is 0 Å². The van der Waals surface area contributed by atoms with Crippen LogP contribution in [0.25, 0.3) is 10.9 Å². The fraction of sp³-hybridized carbons (Fsp3) is 0.458. The van der Waals surface area contributed by atoms with Crippen LogP contribution in [0.15, 0.2) is 30.5 Å². The van der Waals surface area contributed by atoms with Crippen molar-refractivity contribution in [1.82, 2.24) is 9.88 Å². The van der Waals surface area contributed by atoms with E-state index >= 15 is 0 Å². The average molecular weight is 504 g/mol. The zero-order chi connectivity index (χ0) is 26.6. The zero-order valence-corrected chi connectivity index (χ0v) is 20.5. The highest BCUT2D eigenvalue weighted by Crippen LogP contribution is 2.33. The molecule has 1 aromatic carbocycles. The van der Waals surface area contributed by atoms with Crippen LogP contribution < -0.4 is 10.1 Å². The molecule has 0 bridgehead atoms. The smallest absolute Gasteiger partial charge is 0.303 e. The van der Waals surface area contributed by atoms with Gasteiger partial charge in [0.2, 0.25) is 18.1 Å². The number of hydrogen-bond donors (Lipinski definition) is 1. The quantitative estimate of drug-likeness (QED) is 0.432. The third-order valence-corrected chi connectivity index (χ3v) is 5.33. The maximum absolute atomic E-state index is 12.2. The highest BCUT2D eigenvalue weighted by molar-refractivity contribution is 5.95. The first kappa shape index (κ1) is 26.7. The largest absolute Gasteiger partial charge is 0.463 e. The third kappa shape index (κ3) is 6.19. The molecule has 3 unspecified atom stereocenters. The van der Waals surface area contributed by atoms with Crippen LogP contribution in [0.4, 0.5) is 0 Å². The molecule has 1 amide bonds. The molecule has 5 atom stereocenters. The lowest BCUT2D eigenvalue weighted by Crippen LogP contribution is -2.67. The molecule has 36 heavy (non-hydrogen) atoms. The van der Waals surface area contributed by atoms with Gasteiger partial charge >= 0.3 is 17.9 Å². The second-order valence-corrected chi connectivity index (χ2v) is 8.24. The minimum absolute atomic E-state index is 0.250. The molecule has 0 spiro atoms. The summed E-state index contributed by atoms with van der Waals surface area (Å²) in [5, 5.41) is 3.22. The average Bonchev–Trinajstić information content (AvgIpc) is 3.14. The first-order valence-electron chi connectivity index (χ1n) is 11.2. The number of rotatable bonds is 7. The number of ether oxygens (including phenoxy) is 5. The van der Waals surface area contributed by atoms with Crippen molar-refractivity contribution in [2.45, 2.75) is 65.3 Å². The van der Waals surface area contributed by atoms with Crippen molar-refractivity contribution in [2.75, 3.05) is 6.61 Å². The number of fused-ring (bicyclic) bond motifs is 1. The van der Waals surface area contributed by atoms with Crippen molar-refractivity contribution in [3.8, 4) is 5.75 Å². The summed E-state index contributed by atoms with van der Waals surface area (Å²) in [6.07, 6.45) is -3.42. The summed E-state index contributed by atoms with van der Waals surface area (Å²) in [5.74, 6) is -2.55. The molecule has 1 aromatic heterocycles. The summed E-state index contributed by atoms with van der Waals surface area (Å²) in [5.41, 5.74) is 0.581. The maximum Gasteiger partial charge on any atom is 0.303 e. The van der Waals surface area contributed by atoms with E-state index in [0.29, 0.717) is 10.9 Å². The van der Waals surface area contributed by atoms with Gasteiger partial charge < -0.3 is 29.0 Å². The number of esters is 3. The number of nitrogens with zero attached hydrogens (tertiary/aromatic N) is 1. The summed E-state index contributed by atoms with van der Waals surface area (Å²) >= 11 is 0. The van der Waals surface area contributed by atoms with E-state index < -0.39 is 54.5 Å². The van der Waals surface area contributed by atoms with Crippen molar-refractivity contribution in [3.63, 3.8) is 0 Å². The van der Waals surface area contributed by atoms with Gasteiger partial charge in [-0.3, -0.25) is 28.5 Å². The predicted octanol–water partition coefficient (Wildman–Crippen LogP) is 1.34. The molecule has 1 aliphatic rings. The van der Waals surface area contributed by atoms with Crippen LogP contribution in [0.1, 0.15) is 39.4 Å². The zero-order valence-electron chi connectivity index (χ0n) is 20.5. The fourth-order valence-corrected chi connectivity index (χ4v) is 4.02.